The minimum atomic E-state index is -0.535. The predicted molar refractivity (Wildman–Crippen MR) is 38.3 cm³/mol. The molecule has 0 saturated carbocycles. The molecule has 0 bridgehead atoms. The Labute approximate surface area is 92.3 Å². The molecule has 5 heteroatoms. The van der Waals surface area contributed by atoms with Crippen molar-refractivity contribution in [3.8, 4) is 0 Å². The van der Waals surface area contributed by atoms with Crippen LogP contribution in [0.15, 0.2) is 23.9 Å². The number of hydrogen-bond acceptors (Lipinski definition) is 4. The van der Waals surface area contributed by atoms with Crippen molar-refractivity contribution in [2.45, 2.75) is 0 Å². The van der Waals surface area contributed by atoms with E-state index in [1.807, 2.05) is 0 Å². The first-order valence-corrected chi connectivity index (χ1v) is 3.17. The molecule has 1 heterocycles. The second-order valence-electron chi connectivity index (χ2n) is 1.85. The monoisotopic (exact) mass is 179 g/mol. The molecule has 1 N–H and O–H groups in total. The Kier molecular flexibility index (Phi) is 4.96. The Bertz CT molecular complexity index is 215. The van der Waals surface area contributed by atoms with E-state index in [1.54, 1.807) is 12.2 Å². The first kappa shape index (κ1) is 11.1. The van der Waals surface area contributed by atoms with E-state index in [0.717, 1.165) is 5.06 Å². The Morgan fingerprint density at radius 1 is 1.73 bits per heavy atom. The number of hydrogen-bond donors (Lipinski definition) is 1. The summed E-state index contributed by atoms with van der Waals surface area (Å²) in [6, 6.07) is 0. The summed E-state index contributed by atoms with van der Waals surface area (Å²) in [7, 11) is 0. The van der Waals surface area contributed by atoms with Crippen molar-refractivity contribution in [1.29, 1.82) is 0 Å². The van der Waals surface area contributed by atoms with E-state index in [9.17, 15) is 5.11 Å². The topological polar surface area (TPSA) is 46.5 Å². The third-order valence-electron chi connectivity index (χ3n) is 1.16. The zero-order valence-electron chi connectivity index (χ0n) is 6.15. The SMILES string of the molecule is [Na+].[O-]C(=S)C1=CC=CCN1O. The summed E-state index contributed by atoms with van der Waals surface area (Å²) >= 11 is 4.33. The van der Waals surface area contributed by atoms with Gasteiger partial charge in [0.2, 0.25) is 0 Å². The molecule has 0 aromatic heterocycles. The molecular weight excluding hydrogens is 173 g/mol. The van der Waals surface area contributed by atoms with Crippen molar-refractivity contribution < 1.29 is 39.9 Å². The summed E-state index contributed by atoms with van der Waals surface area (Å²) in [5, 5.41) is 19.8. The molecule has 3 nitrogen and oxygen atoms in total. The molecule has 0 atom stereocenters. The van der Waals surface area contributed by atoms with E-state index >= 15 is 0 Å². The van der Waals surface area contributed by atoms with E-state index in [1.165, 1.54) is 6.08 Å². The Balaban J connectivity index is 0.000001000. The minimum absolute atomic E-state index is 0. The largest absolute Gasteiger partial charge is 1.00 e. The van der Waals surface area contributed by atoms with Crippen LogP contribution in [0.3, 0.4) is 0 Å². The zero-order chi connectivity index (χ0) is 7.56. The maximum atomic E-state index is 10.5. The first-order valence-electron chi connectivity index (χ1n) is 2.76. The smallest absolute Gasteiger partial charge is 0.863 e. The summed E-state index contributed by atoms with van der Waals surface area (Å²) in [5.41, 5.74) is 0.164. The van der Waals surface area contributed by atoms with Gasteiger partial charge in [-0.15, -0.1) is 0 Å². The van der Waals surface area contributed by atoms with Crippen molar-refractivity contribution in [3.05, 3.63) is 23.9 Å². The van der Waals surface area contributed by atoms with Gasteiger partial charge in [-0.25, -0.2) is 0 Å². The van der Waals surface area contributed by atoms with Crippen molar-refractivity contribution >= 4 is 17.3 Å². The molecule has 0 aromatic rings. The normalized spacial score (nSPS) is 15.4. The average Bonchev–Trinajstić information content (AvgIpc) is 1.88. The van der Waals surface area contributed by atoms with Crippen molar-refractivity contribution in [2.75, 3.05) is 6.54 Å². The quantitative estimate of drug-likeness (QED) is 0.340. The standard InChI is InChI=1S/C6H7NO2S.Na/c8-6(10)5-3-1-2-4-7(5)9;/h1-3,9H,4H2,(H,8,10);/q;+1/p-1. The van der Waals surface area contributed by atoms with E-state index in [2.05, 4.69) is 12.2 Å². The molecular formula is C6H6NNaO2S. The van der Waals surface area contributed by atoms with E-state index in [0.29, 0.717) is 6.54 Å². The molecule has 0 amide bonds. The van der Waals surface area contributed by atoms with Gasteiger partial charge in [-0.05, 0) is 11.1 Å². The van der Waals surface area contributed by atoms with Crippen LogP contribution in [-0.2, 0) is 0 Å². The number of nitrogens with zero attached hydrogens (tertiary/aromatic N) is 1. The van der Waals surface area contributed by atoms with Crippen LogP contribution in [0.2, 0.25) is 0 Å². The first-order chi connectivity index (χ1) is 4.72. The van der Waals surface area contributed by atoms with Gasteiger partial charge in [-0.3, -0.25) is 10.3 Å². The van der Waals surface area contributed by atoms with E-state index < -0.39 is 5.05 Å². The average molecular weight is 179 g/mol. The van der Waals surface area contributed by atoms with Gasteiger partial charge < -0.3 is 5.11 Å². The number of thiocarbonyl (C=S) groups is 1. The third kappa shape index (κ3) is 2.92. The predicted octanol–water partition coefficient (Wildman–Crippen LogP) is -3.18. The van der Waals surface area contributed by atoms with Crippen molar-refractivity contribution in [3.63, 3.8) is 0 Å². The number of allylic oxidation sites excluding steroid dienone is 2. The molecule has 0 radical (unpaired) electrons. The van der Waals surface area contributed by atoms with Crippen LogP contribution < -0.4 is 34.7 Å². The molecule has 1 aliphatic rings. The fourth-order valence-corrected chi connectivity index (χ4v) is 0.851. The van der Waals surface area contributed by atoms with Crippen LogP contribution in [0.4, 0.5) is 0 Å². The number of hydroxylamine groups is 2. The Morgan fingerprint density at radius 2 is 2.36 bits per heavy atom. The van der Waals surface area contributed by atoms with Gasteiger partial charge in [0.25, 0.3) is 0 Å². The van der Waals surface area contributed by atoms with Gasteiger partial charge in [-0.2, -0.15) is 0 Å². The maximum absolute atomic E-state index is 10.5. The van der Waals surface area contributed by atoms with Crippen molar-refractivity contribution in [2.24, 2.45) is 0 Å². The summed E-state index contributed by atoms with van der Waals surface area (Å²) in [6.07, 6.45) is 4.90. The third-order valence-corrected chi connectivity index (χ3v) is 1.36. The van der Waals surface area contributed by atoms with Gasteiger partial charge in [0.05, 0.1) is 12.2 Å². The zero-order valence-corrected chi connectivity index (χ0v) is 8.97. The van der Waals surface area contributed by atoms with Gasteiger partial charge in [0, 0.05) is 0 Å². The molecule has 0 fully saturated rings. The van der Waals surface area contributed by atoms with Crippen LogP contribution in [-0.4, -0.2) is 21.9 Å². The molecule has 0 saturated heterocycles. The molecule has 11 heavy (non-hydrogen) atoms. The van der Waals surface area contributed by atoms with Gasteiger partial charge in [0.15, 0.2) is 0 Å². The molecule has 1 aliphatic heterocycles. The Hall–Kier alpha value is 0.130. The summed E-state index contributed by atoms with van der Waals surface area (Å²) in [5.74, 6) is 0. The molecule has 54 valence electrons. The van der Waals surface area contributed by atoms with Crippen molar-refractivity contribution in [1.82, 2.24) is 5.06 Å². The summed E-state index contributed by atoms with van der Waals surface area (Å²) in [6.45, 7) is 0.328. The minimum Gasteiger partial charge on any atom is -0.863 e. The summed E-state index contributed by atoms with van der Waals surface area (Å²) in [4.78, 5) is 0. The van der Waals surface area contributed by atoms with Crippen LogP contribution in [0.5, 0.6) is 0 Å². The van der Waals surface area contributed by atoms with Crippen LogP contribution in [0, 0.1) is 0 Å². The second-order valence-corrected chi connectivity index (χ2v) is 2.22. The van der Waals surface area contributed by atoms with Gasteiger partial charge in [-0.1, -0.05) is 24.4 Å². The van der Waals surface area contributed by atoms with E-state index in [-0.39, 0.29) is 35.3 Å². The second kappa shape index (κ2) is 4.90. The fourth-order valence-electron chi connectivity index (χ4n) is 0.678. The van der Waals surface area contributed by atoms with Crippen LogP contribution >= 0.6 is 12.2 Å². The molecule has 0 spiro atoms. The van der Waals surface area contributed by atoms with Gasteiger partial charge >= 0.3 is 29.6 Å². The van der Waals surface area contributed by atoms with Crippen LogP contribution in [0.25, 0.3) is 0 Å². The van der Waals surface area contributed by atoms with Gasteiger partial charge in [0.1, 0.15) is 0 Å². The molecule has 0 unspecified atom stereocenters. The molecule has 0 aromatic carbocycles. The fraction of sp³-hybridized carbons (Fsp3) is 0.167. The van der Waals surface area contributed by atoms with E-state index in [4.69, 9.17) is 5.21 Å². The van der Waals surface area contributed by atoms with Crippen LogP contribution in [0.1, 0.15) is 0 Å². The molecule has 1 rings (SSSR count). The maximum Gasteiger partial charge on any atom is 1.00 e. The Morgan fingerprint density at radius 3 is 2.73 bits per heavy atom. The molecule has 0 aliphatic carbocycles. The summed E-state index contributed by atoms with van der Waals surface area (Å²) < 4.78 is 0. The number of rotatable bonds is 1.